The van der Waals surface area contributed by atoms with Gasteiger partial charge in [0.2, 0.25) is 0 Å². The van der Waals surface area contributed by atoms with Gasteiger partial charge in [0.1, 0.15) is 16.8 Å². The van der Waals surface area contributed by atoms with Gasteiger partial charge in [0.05, 0.1) is 6.61 Å². The molecule has 0 bridgehead atoms. The highest BCUT2D eigenvalue weighted by Crippen LogP contribution is 1.98. The van der Waals surface area contributed by atoms with E-state index < -0.39 is 0 Å². The molecule has 0 aromatic rings. The zero-order valence-corrected chi connectivity index (χ0v) is 9.63. The van der Waals surface area contributed by atoms with Crippen LogP contribution in [-0.2, 0) is 13.9 Å². The van der Waals surface area contributed by atoms with Crippen LogP contribution >= 0.6 is 0 Å². The van der Waals surface area contributed by atoms with Crippen molar-refractivity contribution in [2.45, 2.75) is 26.6 Å². The molecule has 0 aliphatic rings. The van der Waals surface area contributed by atoms with Crippen molar-refractivity contribution >= 4 is 10.5 Å². The van der Waals surface area contributed by atoms with Crippen LogP contribution in [0, 0.1) is 0 Å². The van der Waals surface area contributed by atoms with Gasteiger partial charge in [0.15, 0.2) is 0 Å². The molecule has 1 unspecified atom stereocenters. The van der Waals surface area contributed by atoms with Crippen LogP contribution in [0.4, 0.5) is 0 Å². The molecule has 0 aliphatic heterocycles. The second-order valence-electron chi connectivity index (χ2n) is 2.11. The second-order valence-corrected chi connectivity index (χ2v) is 2.58. The van der Waals surface area contributed by atoms with Gasteiger partial charge in [0.25, 0.3) is 0 Å². The van der Waals surface area contributed by atoms with Gasteiger partial charge in [0, 0.05) is 19.6 Å². The Morgan fingerprint density at radius 1 is 1.27 bits per heavy atom. The van der Waals surface area contributed by atoms with Gasteiger partial charge in [-0.2, -0.15) is 0 Å². The molecule has 0 heterocycles. The minimum absolute atomic E-state index is 0.0433. The van der Waals surface area contributed by atoms with Crippen LogP contribution in [0.3, 0.4) is 0 Å². The molecule has 0 aromatic heterocycles. The van der Waals surface area contributed by atoms with E-state index in [4.69, 9.17) is 13.9 Å². The molecule has 0 radical (unpaired) electrons. The predicted molar refractivity (Wildman–Crippen MR) is 47.5 cm³/mol. The summed E-state index contributed by atoms with van der Waals surface area (Å²) in [5.41, 5.74) is 0. The van der Waals surface area contributed by atoms with Gasteiger partial charge in [-0.25, -0.2) is 0 Å². The molecule has 68 valence electrons. The number of hydrogen-bond donors (Lipinski definition) is 0. The third kappa shape index (κ3) is 6.49. The number of ether oxygens (including phenoxy) is 2. The highest BCUT2D eigenvalue weighted by atomic mass is 28.2. The average Bonchev–Trinajstić information content (AvgIpc) is 2.03. The van der Waals surface area contributed by atoms with Gasteiger partial charge in [-0.05, 0) is 13.8 Å². The van der Waals surface area contributed by atoms with Crippen LogP contribution in [0.1, 0.15) is 20.3 Å². The van der Waals surface area contributed by atoms with E-state index in [2.05, 4.69) is 0 Å². The standard InChI is InChI=1S/C7H18O3Si/c1-3-8-6-5-7(10-11)9-4-2/h7H,3-6H2,1-2,11H3. The number of rotatable bonds is 7. The largest absolute Gasteiger partial charge is 0.404 e. The summed E-state index contributed by atoms with van der Waals surface area (Å²) in [6, 6.07) is 0. The minimum Gasteiger partial charge on any atom is -0.404 e. The molecule has 3 nitrogen and oxygen atoms in total. The molecule has 0 amide bonds. The Bertz CT molecular complexity index is 80.1. The normalized spacial score (nSPS) is 13.6. The molecule has 0 spiro atoms. The summed E-state index contributed by atoms with van der Waals surface area (Å²) in [7, 11) is 0.724. The molecule has 0 rings (SSSR count). The van der Waals surface area contributed by atoms with E-state index in [1.165, 1.54) is 0 Å². The SMILES string of the molecule is CCOCCC(O[SiH3])OCC. The monoisotopic (exact) mass is 178 g/mol. The van der Waals surface area contributed by atoms with Crippen LogP contribution in [0.25, 0.3) is 0 Å². The van der Waals surface area contributed by atoms with Gasteiger partial charge in [-0.1, -0.05) is 0 Å². The zero-order valence-electron chi connectivity index (χ0n) is 7.63. The Morgan fingerprint density at radius 3 is 2.45 bits per heavy atom. The Kier molecular flexibility index (Phi) is 8.27. The van der Waals surface area contributed by atoms with E-state index >= 15 is 0 Å². The van der Waals surface area contributed by atoms with Gasteiger partial charge >= 0.3 is 0 Å². The van der Waals surface area contributed by atoms with Crippen molar-refractivity contribution in [3.63, 3.8) is 0 Å². The summed E-state index contributed by atoms with van der Waals surface area (Å²) < 4.78 is 15.6. The Hall–Kier alpha value is 0.0969. The summed E-state index contributed by atoms with van der Waals surface area (Å²) >= 11 is 0. The lowest BCUT2D eigenvalue weighted by atomic mass is 10.4. The Morgan fingerprint density at radius 2 is 2.00 bits per heavy atom. The van der Waals surface area contributed by atoms with Gasteiger partial charge in [-0.3, -0.25) is 0 Å². The Labute approximate surface area is 71.6 Å². The quantitative estimate of drug-likeness (QED) is 0.314. The zero-order chi connectivity index (χ0) is 8.53. The van der Waals surface area contributed by atoms with Crippen molar-refractivity contribution in [2.24, 2.45) is 0 Å². The lowest BCUT2D eigenvalue weighted by Crippen LogP contribution is -2.18. The molecule has 0 fully saturated rings. The van der Waals surface area contributed by atoms with Crippen molar-refractivity contribution in [3.8, 4) is 0 Å². The molecule has 0 N–H and O–H groups in total. The maximum Gasteiger partial charge on any atom is 0.149 e. The molecular weight excluding hydrogens is 160 g/mol. The van der Waals surface area contributed by atoms with Crippen molar-refractivity contribution in [1.82, 2.24) is 0 Å². The lowest BCUT2D eigenvalue weighted by molar-refractivity contribution is -0.0870. The summed E-state index contributed by atoms with van der Waals surface area (Å²) in [5, 5.41) is 0. The van der Waals surface area contributed by atoms with E-state index in [9.17, 15) is 0 Å². The topological polar surface area (TPSA) is 27.7 Å². The van der Waals surface area contributed by atoms with Crippen molar-refractivity contribution in [1.29, 1.82) is 0 Å². The first-order valence-electron chi connectivity index (χ1n) is 4.07. The van der Waals surface area contributed by atoms with E-state index in [1.807, 2.05) is 13.8 Å². The third-order valence-electron chi connectivity index (χ3n) is 1.32. The average molecular weight is 178 g/mol. The minimum atomic E-state index is -0.0433. The fourth-order valence-electron chi connectivity index (χ4n) is 0.779. The summed E-state index contributed by atoms with van der Waals surface area (Å²) in [5.74, 6) is 0. The summed E-state index contributed by atoms with van der Waals surface area (Å²) in [4.78, 5) is 0. The van der Waals surface area contributed by atoms with E-state index in [-0.39, 0.29) is 6.29 Å². The maximum absolute atomic E-state index is 5.27. The molecule has 0 saturated carbocycles. The van der Waals surface area contributed by atoms with Crippen molar-refractivity contribution in [3.05, 3.63) is 0 Å². The van der Waals surface area contributed by atoms with E-state index in [0.717, 1.165) is 30.1 Å². The fraction of sp³-hybridized carbons (Fsp3) is 1.00. The first-order valence-corrected chi connectivity index (χ1v) is 4.88. The summed E-state index contributed by atoms with van der Waals surface area (Å²) in [6.45, 7) is 6.15. The Balaban J connectivity index is 3.20. The number of hydrogen-bond acceptors (Lipinski definition) is 3. The second kappa shape index (κ2) is 8.20. The van der Waals surface area contributed by atoms with Gasteiger partial charge in [-0.15, -0.1) is 0 Å². The van der Waals surface area contributed by atoms with Crippen LogP contribution in [0.2, 0.25) is 0 Å². The molecule has 11 heavy (non-hydrogen) atoms. The maximum atomic E-state index is 5.27. The predicted octanol–water partition coefficient (Wildman–Crippen LogP) is 0.0726. The molecule has 4 heteroatoms. The molecule has 0 saturated heterocycles. The van der Waals surface area contributed by atoms with Crippen LogP contribution < -0.4 is 0 Å². The smallest absolute Gasteiger partial charge is 0.149 e. The van der Waals surface area contributed by atoms with Crippen molar-refractivity contribution in [2.75, 3.05) is 19.8 Å². The highest BCUT2D eigenvalue weighted by molar-refractivity contribution is 5.98. The summed E-state index contributed by atoms with van der Waals surface area (Å²) in [6.07, 6.45) is 0.795. The first-order chi connectivity index (χ1) is 5.35. The molecule has 1 atom stereocenters. The first kappa shape index (κ1) is 11.1. The van der Waals surface area contributed by atoms with Crippen LogP contribution in [-0.4, -0.2) is 36.6 Å². The van der Waals surface area contributed by atoms with Gasteiger partial charge < -0.3 is 13.9 Å². The fourth-order valence-corrected chi connectivity index (χ4v) is 1.15. The van der Waals surface area contributed by atoms with Crippen LogP contribution in [0.5, 0.6) is 0 Å². The third-order valence-corrected chi connectivity index (χ3v) is 1.84. The molecular formula is C7H18O3Si. The van der Waals surface area contributed by atoms with Crippen molar-refractivity contribution < 1.29 is 13.9 Å². The lowest BCUT2D eigenvalue weighted by Gasteiger charge is -2.14. The van der Waals surface area contributed by atoms with E-state index in [0.29, 0.717) is 6.61 Å². The van der Waals surface area contributed by atoms with E-state index in [1.54, 1.807) is 0 Å². The molecule has 0 aromatic carbocycles. The highest BCUT2D eigenvalue weighted by Gasteiger charge is 2.03. The van der Waals surface area contributed by atoms with Crippen LogP contribution in [0.15, 0.2) is 0 Å². The molecule has 0 aliphatic carbocycles.